The third kappa shape index (κ3) is 5.21. The molecule has 1 saturated carbocycles. The van der Waals surface area contributed by atoms with Gasteiger partial charge in [-0.1, -0.05) is 36.9 Å². The van der Waals surface area contributed by atoms with Crippen molar-refractivity contribution in [1.82, 2.24) is 10.3 Å². The van der Waals surface area contributed by atoms with Crippen LogP contribution in [0.1, 0.15) is 37.8 Å². The Bertz CT molecular complexity index is 682. The lowest BCUT2D eigenvalue weighted by molar-refractivity contribution is -0.120. The minimum absolute atomic E-state index is 0.0557. The van der Waals surface area contributed by atoms with E-state index in [9.17, 15) is 4.79 Å². The van der Waals surface area contributed by atoms with Crippen LogP contribution < -0.4 is 10.6 Å². The summed E-state index contributed by atoms with van der Waals surface area (Å²) in [6, 6.07) is 7.50. The fraction of sp³-hybridized carbons (Fsp3) is 0.444. The van der Waals surface area contributed by atoms with E-state index in [4.69, 9.17) is 11.6 Å². The molecule has 0 radical (unpaired) electrons. The SMILES string of the molecule is O=C(Cc1csc(Nc2cccc(Cl)c2)n1)NCC1CCCCC1. The molecule has 0 spiro atoms. The van der Waals surface area contributed by atoms with Gasteiger partial charge < -0.3 is 10.6 Å². The topological polar surface area (TPSA) is 54.0 Å². The monoisotopic (exact) mass is 363 g/mol. The Hall–Kier alpha value is -1.59. The number of benzene rings is 1. The lowest BCUT2D eigenvalue weighted by Gasteiger charge is -2.21. The molecule has 3 rings (SSSR count). The molecule has 1 aromatic heterocycles. The number of halogens is 1. The van der Waals surface area contributed by atoms with Crippen LogP contribution in [0.4, 0.5) is 10.8 Å². The molecule has 6 heteroatoms. The first-order valence-electron chi connectivity index (χ1n) is 8.43. The summed E-state index contributed by atoms with van der Waals surface area (Å²) >= 11 is 7.47. The summed E-state index contributed by atoms with van der Waals surface area (Å²) in [4.78, 5) is 16.6. The van der Waals surface area contributed by atoms with Crippen LogP contribution in [-0.2, 0) is 11.2 Å². The maximum absolute atomic E-state index is 12.1. The van der Waals surface area contributed by atoms with Crippen molar-refractivity contribution in [2.45, 2.75) is 38.5 Å². The molecule has 0 saturated heterocycles. The number of nitrogens with zero attached hydrogens (tertiary/aromatic N) is 1. The van der Waals surface area contributed by atoms with Crippen LogP contribution in [0.15, 0.2) is 29.6 Å². The van der Waals surface area contributed by atoms with Gasteiger partial charge in [0.05, 0.1) is 12.1 Å². The van der Waals surface area contributed by atoms with Crippen LogP contribution in [0, 0.1) is 5.92 Å². The highest BCUT2D eigenvalue weighted by molar-refractivity contribution is 7.13. The third-order valence-corrected chi connectivity index (χ3v) is 5.32. The van der Waals surface area contributed by atoms with Gasteiger partial charge in [0.15, 0.2) is 5.13 Å². The average Bonchev–Trinajstić information content (AvgIpc) is 3.01. The first-order valence-corrected chi connectivity index (χ1v) is 9.68. The number of hydrogen-bond acceptors (Lipinski definition) is 4. The molecule has 0 unspecified atom stereocenters. The van der Waals surface area contributed by atoms with E-state index in [1.165, 1.54) is 43.4 Å². The quantitative estimate of drug-likeness (QED) is 0.776. The number of aromatic nitrogens is 1. The van der Waals surface area contributed by atoms with Crippen LogP contribution in [0.2, 0.25) is 5.02 Å². The minimum atomic E-state index is 0.0557. The molecular weight excluding hydrogens is 342 g/mol. The molecule has 2 aromatic rings. The van der Waals surface area contributed by atoms with Gasteiger partial charge in [-0.3, -0.25) is 4.79 Å². The summed E-state index contributed by atoms with van der Waals surface area (Å²) in [7, 11) is 0. The Balaban J connectivity index is 1.47. The van der Waals surface area contributed by atoms with E-state index in [2.05, 4.69) is 15.6 Å². The number of carbonyl (C=O) groups excluding carboxylic acids is 1. The zero-order chi connectivity index (χ0) is 16.8. The van der Waals surface area contributed by atoms with Crippen LogP contribution in [0.25, 0.3) is 0 Å². The van der Waals surface area contributed by atoms with Crippen molar-refractivity contribution in [1.29, 1.82) is 0 Å². The molecule has 1 fully saturated rings. The van der Waals surface area contributed by atoms with Crippen LogP contribution in [-0.4, -0.2) is 17.4 Å². The van der Waals surface area contributed by atoms with E-state index in [0.717, 1.165) is 23.1 Å². The number of nitrogens with one attached hydrogen (secondary N) is 2. The third-order valence-electron chi connectivity index (χ3n) is 4.28. The predicted molar refractivity (Wildman–Crippen MR) is 100 cm³/mol. The molecule has 4 nitrogen and oxygen atoms in total. The highest BCUT2D eigenvalue weighted by atomic mass is 35.5. The number of hydrogen-bond donors (Lipinski definition) is 2. The molecule has 2 N–H and O–H groups in total. The first kappa shape index (κ1) is 17.2. The molecule has 0 aliphatic heterocycles. The van der Waals surface area contributed by atoms with E-state index in [1.807, 2.05) is 29.6 Å². The maximum Gasteiger partial charge on any atom is 0.226 e. The van der Waals surface area contributed by atoms with Crippen molar-refractivity contribution in [3.63, 3.8) is 0 Å². The molecule has 1 heterocycles. The highest BCUT2D eigenvalue weighted by Crippen LogP contribution is 2.24. The summed E-state index contributed by atoms with van der Waals surface area (Å²) in [5.41, 5.74) is 1.69. The van der Waals surface area contributed by atoms with Crippen molar-refractivity contribution < 1.29 is 4.79 Å². The molecule has 0 bridgehead atoms. The van der Waals surface area contributed by atoms with E-state index in [1.54, 1.807) is 0 Å². The molecule has 128 valence electrons. The molecule has 1 aromatic carbocycles. The summed E-state index contributed by atoms with van der Waals surface area (Å²) < 4.78 is 0. The standard InChI is InChI=1S/C18H22ClN3OS/c19-14-7-4-8-15(9-14)21-18-22-16(12-24-18)10-17(23)20-11-13-5-2-1-3-6-13/h4,7-9,12-13H,1-3,5-6,10-11H2,(H,20,23)(H,21,22). The second kappa shape index (κ2) is 8.49. The molecule has 0 atom stereocenters. The van der Waals surface area contributed by atoms with Gasteiger partial charge >= 0.3 is 0 Å². The van der Waals surface area contributed by atoms with E-state index in [0.29, 0.717) is 17.4 Å². The van der Waals surface area contributed by atoms with Crippen LogP contribution in [0.3, 0.4) is 0 Å². The number of carbonyl (C=O) groups is 1. The predicted octanol–water partition coefficient (Wildman–Crippen LogP) is 4.78. The molecule has 1 aliphatic carbocycles. The zero-order valence-corrected chi connectivity index (χ0v) is 15.1. The van der Waals surface area contributed by atoms with Crippen LogP contribution >= 0.6 is 22.9 Å². The number of thiazole rings is 1. The van der Waals surface area contributed by atoms with E-state index >= 15 is 0 Å². The number of amides is 1. The Morgan fingerprint density at radius 3 is 2.92 bits per heavy atom. The van der Waals surface area contributed by atoms with Gasteiger partial charge in [-0.15, -0.1) is 11.3 Å². The smallest absolute Gasteiger partial charge is 0.226 e. The van der Waals surface area contributed by atoms with Gasteiger partial charge in [0.2, 0.25) is 5.91 Å². The second-order valence-electron chi connectivity index (χ2n) is 6.26. The first-order chi connectivity index (χ1) is 11.7. The molecule has 1 aliphatic rings. The fourth-order valence-corrected chi connectivity index (χ4v) is 3.93. The Kier molecular flexibility index (Phi) is 6.10. The van der Waals surface area contributed by atoms with Crippen LogP contribution in [0.5, 0.6) is 0 Å². The van der Waals surface area contributed by atoms with Gasteiger partial charge in [0, 0.05) is 22.6 Å². The van der Waals surface area contributed by atoms with Gasteiger partial charge in [0.25, 0.3) is 0 Å². The summed E-state index contributed by atoms with van der Waals surface area (Å²) in [6.45, 7) is 0.802. The number of rotatable bonds is 6. The van der Waals surface area contributed by atoms with Crippen molar-refractivity contribution in [3.8, 4) is 0 Å². The highest BCUT2D eigenvalue weighted by Gasteiger charge is 2.15. The van der Waals surface area contributed by atoms with Gasteiger partial charge in [-0.25, -0.2) is 4.98 Å². The Morgan fingerprint density at radius 2 is 2.12 bits per heavy atom. The Morgan fingerprint density at radius 1 is 1.29 bits per heavy atom. The second-order valence-corrected chi connectivity index (χ2v) is 7.56. The fourth-order valence-electron chi connectivity index (χ4n) is 3.01. The largest absolute Gasteiger partial charge is 0.355 e. The minimum Gasteiger partial charge on any atom is -0.355 e. The molecule has 24 heavy (non-hydrogen) atoms. The zero-order valence-electron chi connectivity index (χ0n) is 13.6. The maximum atomic E-state index is 12.1. The van der Waals surface area contributed by atoms with Gasteiger partial charge in [-0.2, -0.15) is 0 Å². The summed E-state index contributed by atoms with van der Waals surface area (Å²) in [6.07, 6.45) is 6.75. The lowest BCUT2D eigenvalue weighted by Crippen LogP contribution is -2.31. The van der Waals surface area contributed by atoms with Crippen molar-refractivity contribution in [2.24, 2.45) is 5.92 Å². The average molecular weight is 364 g/mol. The van der Waals surface area contributed by atoms with E-state index in [-0.39, 0.29) is 5.91 Å². The van der Waals surface area contributed by atoms with Crippen molar-refractivity contribution >= 4 is 39.7 Å². The summed E-state index contributed by atoms with van der Waals surface area (Å²) in [5, 5.41) is 9.64. The Labute approximate surface area is 151 Å². The van der Waals surface area contributed by atoms with Crippen molar-refractivity contribution in [2.75, 3.05) is 11.9 Å². The number of anilines is 2. The summed E-state index contributed by atoms with van der Waals surface area (Å²) in [5.74, 6) is 0.707. The van der Waals surface area contributed by atoms with Gasteiger partial charge in [0.1, 0.15) is 0 Å². The van der Waals surface area contributed by atoms with E-state index < -0.39 is 0 Å². The molecular formula is C18H22ClN3OS. The van der Waals surface area contributed by atoms with Crippen molar-refractivity contribution in [3.05, 3.63) is 40.4 Å². The normalized spacial score (nSPS) is 15.2. The lowest BCUT2D eigenvalue weighted by atomic mass is 9.89. The molecule has 1 amide bonds. The van der Waals surface area contributed by atoms with Gasteiger partial charge in [-0.05, 0) is 37.0 Å².